The molecule has 1 atom stereocenters. The number of ether oxygens (including phenoxy) is 2. The Bertz CT molecular complexity index is 1460. The predicted molar refractivity (Wildman–Crippen MR) is 133 cm³/mol. The Hall–Kier alpha value is -2.68. The number of benzene rings is 2. The fourth-order valence-corrected chi connectivity index (χ4v) is 5.48. The van der Waals surface area contributed by atoms with Gasteiger partial charge in [0.1, 0.15) is 5.75 Å². The second-order valence-electron chi connectivity index (χ2n) is 7.22. The number of hydrogen-bond acceptors (Lipinski definition) is 6. The summed E-state index contributed by atoms with van der Waals surface area (Å²) in [5, 5.41) is 0.544. The van der Waals surface area contributed by atoms with Gasteiger partial charge in [-0.3, -0.25) is 9.36 Å². The van der Waals surface area contributed by atoms with Crippen LogP contribution in [0, 0.1) is 0 Å². The van der Waals surface area contributed by atoms with Gasteiger partial charge in [0.05, 0.1) is 40.0 Å². The van der Waals surface area contributed by atoms with Crippen LogP contribution in [-0.2, 0) is 9.53 Å². The molecule has 0 fully saturated rings. The number of esters is 1. The molecule has 4 rings (SSSR count). The van der Waals surface area contributed by atoms with Gasteiger partial charge in [-0.05, 0) is 65.2 Å². The predicted octanol–water partition coefficient (Wildman–Crippen LogP) is 4.22. The zero-order chi connectivity index (χ0) is 23.7. The van der Waals surface area contributed by atoms with Crippen molar-refractivity contribution in [2.75, 3.05) is 13.7 Å². The lowest BCUT2D eigenvalue weighted by atomic mass is 9.96. The third-order valence-corrected chi connectivity index (χ3v) is 7.15. The molecule has 0 aliphatic carbocycles. The van der Waals surface area contributed by atoms with E-state index in [1.54, 1.807) is 43.7 Å². The molecule has 0 unspecified atom stereocenters. The number of rotatable bonds is 5. The Labute approximate surface area is 207 Å². The maximum Gasteiger partial charge on any atom is 0.338 e. The smallest absolute Gasteiger partial charge is 0.338 e. The van der Waals surface area contributed by atoms with Gasteiger partial charge < -0.3 is 9.47 Å². The quantitative estimate of drug-likeness (QED) is 0.449. The molecule has 0 saturated heterocycles. The Balaban J connectivity index is 1.98. The van der Waals surface area contributed by atoms with Gasteiger partial charge in [-0.1, -0.05) is 47.2 Å². The summed E-state index contributed by atoms with van der Waals surface area (Å²) in [6.45, 7) is 3.71. The summed E-state index contributed by atoms with van der Waals surface area (Å²) in [4.78, 5) is 31.6. The summed E-state index contributed by atoms with van der Waals surface area (Å²) in [7, 11) is 1.58. The van der Waals surface area contributed by atoms with Crippen molar-refractivity contribution in [2.45, 2.75) is 19.9 Å². The minimum absolute atomic E-state index is 0.214. The van der Waals surface area contributed by atoms with Crippen molar-refractivity contribution in [1.82, 2.24) is 4.57 Å². The first-order valence-electron chi connectivity index (χ1n) is 10.1. The molecule has 0 saturated carbocycles. The van der Waals surface area contributed by atoms with Gasteiger partial charge in [-0.2, -0.15) is 0 Å². The molecule has 3 aromatic rings. The van der Waals surface area contributed by atoms with Crippen LogP contribution >= 0.6 is 38.9 Å². The van der Waals surface area contributed by atoms with Gasteiger partial charge in [0.15, 0.2) is 4.80 Å². The molecule has 9 heteroatoms. The summed E-state index contributed by atoms with van der Waals surface area (Å²) >= 11 is 11.1. The van der Waals surface area contributed by atoms with Crippen LogP contribution in [0.3, 0.4) is 0 Å². The van der Waals surface area contributed by atoms with Crippen LogP contribution in [0.25, 0.3) is 6.08 Å². The lowest BCUT2D eigenvalue weighted by Gasteiger charge is -2.25. The molecular weight excluding hydrogens is 528 g/mol. The molecule has 1 aromatic heterocycles. The molecule has 0 N–H and O–H groups in total. The summed E-state index contributed by atoms with van der Waals surface area (Å²) in [6.07, 6.45) is 1.75. The number of hydrogen-bond donors (Lipinski definition) is 0. The van der Waals surface area contributed by atoms with Gasteiger partial charge in [0.25, 0.3) is 5.56 Å². The SMILES string of the molecule is CCOC(=O)C1=C(C)N=c2s/c(=C/c3ccccc3Cl)c(=O)n2[C@H]1c1ccc(OC)c(Br)c1. The first-order valence-corrected chi connectivity index (χ1v) is 12.1. The lowest BCUT2D eigenvalue weighted by Crippen LogP contribution is -2.40. The zero-order valence-corrected chi connectivity index (χ0v) is 21.3. The average molecular weight is 548 g/mol. The number of allylic oxidation sites excluding steroid dienone is 1. The van der Waals surface area contributed by atoms with Gasteiger partial charge in [-0.15, -0.1) is 0 Å². The lowest BCUT2D eigenvalue weighted by molar-refractivity contribution is -0.139. The number of methoxy groups -OCH3 is 1. The van der Waals surface area contributed by atoms with Crippen molar-refractivity contribution in [3.05, 3.63) is 94.0 Å². The minimum atomic E-state index is -0.698. The van der Waals surface area contributed by atoms with Gasteiger partial charge in [-0.25, -0.2) is 9.79 Å². The monoisotopic (exact) mass is 546 g/mol. The summed E-state index contributed by atoms with van der Waals surface area (Å²) in [5.74, 6) is 0.138. The van der Waals surface area contributed by atoms with Gasteiger partial charge in [0, 0.05) is 5.02 Å². The Morgan fingerprint density at radius 3 is 2.73 bits per heavy atom. The van der Waals surface area contributed by atoms with Crippen molar-refractivity contribution in [3.63, 3.8) is 0 Å². The van der Waals surface area contributed by atoms with Crippen LogP contribution in [-0.4, -0.2) is 24.3 Å². The Morgan fingerprint density at radius 2 is 2.06 bits per heavy atom. The number of aromatic nitrogens is 1. The van der Waals surface area contributed by atoms with Crippen LogP contribution < -0.4 is 19.6 Å². The first-order chi connectivity index (χ1) is 15.8. The molecule has 2 heterocycles. The number of halogens is 2. The van der Waals surface area contributed by atoms with E-state index in [1.807, 2.05) is 30.3 Å². The van der Waals surface area contributed by atoms with Crippen molar-refractivity contribution < 1.29 is 14.3 Å². The summed E-state index contributed by atoms with van der Waals surface area (Å²) in [5.41, 5.74) is 2.03. The highest BCUT2D eigenvalue weighted by atomic mass is 79.9. The van der Waals surface area contributed by atoms with Crippen molar-refractivity contribution in [3.8, 4) is 5.75 Å². The van der Waals surface area contributed by atoms with Crippen LogP contribution in [0.15, 0.2) is 68.0 Å². The maximum atomic E-state index is 13.6. The standard InChI is InChI=1S/C24H20BrClN2O4S/c1-4-32-23(30)20-13(2)27-24-28(21(20)15-9-10-18(31-3)16(25)11-15)22(29)19(33-24)12-14-7-5-6-8-17(14)26/h5-12,21H,4H2,1-3H3/b19-12+/t21-/m0/s1. The number of fused-ring (bicyclic) bond motifs is 1. The fraction of sp³-hybridized carbons (Fsp3) is 0.208. The van der Waals surface area contributed by atoms with Crippen LogP contribution in [0.2, 0.25) is 5.02 Å². The number of carbonyl (C=O) groups is 1. The second kappa shape index (κ2) is 9.67. The van der Waals surface area contributed by atoms with Crippen LogP contribution in [0.4, 0.5) is 0 Å². The van der Waals surface area contributed by atoms with E-state index < -0.39 is 12.0 Å². The molecule has 2 aromatic carbocycles. The van der Waals surface area contributed by atoms with E-state index in [9.17, 15) is 9.59 Å². The third kappa shape index (κ3) is 4.43. The highest BCUT2D eigenvalue weighted by Crippen LogP contribution is 2.35. The zero-order valence-electron chi connectivity index (χ0n) is 18.1. The maximum absolute atomic E-state index is 13.6. The number of nitrogens with zero attached hydrogens (tertiary/aromatic N) is 2. The minimum Gasteiger partial charge on any atom is -0.496 e. The largest absolute Gasteiger partial charge is 0.496 e. The number of thiazole rings is 1. The fourth-order valence-electron chi connectivity index (χ4n) is 3.69. The molecule has 0 amide bonds. The van der Waals surface area contributed by atoms with Gasteiger partial charge in [0.2, 0.25) is 0 Å². The molecule has 1 aliphatic rings. The van der Waals surface area contributed by atoms with E-state index in [0.717, 1.165) is 11.1 Å². The molecule has 1 aliphatic heterocycles. The molecule has 0 radical (unpaired) electrons. The van der Waals surface area contributed by atoms with E-state index in [2.05, 4.69) is 20.9 Å². The Kier molecular flexibility index (Phi) is 6.88. The van der Waals surface area contributed by atoms with Crippen molar-refractivity contribution in [1.29, 1.82) is 0 Å². The Morgan fingerprint density at radius 1 is 1.30 bits per heavy atom. The topological polar surface area (TPSA) is 69.9 Å². The second-order valence-corrected chi connectivity index (χ2v) is 9.49. The van der Waals surface area contributed by atoms with E-state index in [1.165, 1.54) is 11.3 Å². The van der Waals surface area contributed by atoms with E-state index in [-0.39, 0.29) is 12.2 Å². The average Bonchev–Trinajstić information content (AvgIpc) is 3.09. The molecule has 0 bridgehead atoms. The van der Waals surface area contributed by atoms with Crippen LogP contribution in [0.1, 0.15) is 31.0 Å². The normalized spacial score (nSPS) is 15.8. The van der Waals surface area contributed by atoms with E-state index in [0.29, 0.717) is 35.8 Å². The first kappa shape index (κ1) is 23.5. The molecular formula is C24H20BrClN2O4S. The van der Waals surface area contributed by atoms with Gasteiger partial charge >= 0.3 is 5.97 Å². The van der Waals surface area contributed by atoms with E-state index >= 15 is 0 Å². The third-order valence-electron chi connectivity index (χ3n) is 5.20. The van der Waals surface area contributed by atoms with Crippen LogP contribution in [0.5, 0.6) is 5.75 Å². The summed E-state index contributed by atoms with van der Waals surface area (Å²) in [6, 6.07) is 12.1. The molecule has 170 valence electrons. The van der Waals surface area contributed by atoms with E-state index in [4.69, 9.17) is 21.1 Å². The number of carbonyl (C=O) groups excluding carboxylic acids is 1. The summed E-state index contributed by atoms with van der Waals surface area (Å²) < 4.78 is 13.4. The molecule has 6 nitrogen and oxygen atoms in total. The van der Waals surface area contributed by atoms with Crippen molar-refractivity contribution in [2.24, 2.45) is 4.99 Å². The highest BCUT2D eigenvalue weighted by Gasteiger charge is 2.33. The molecule has 0 spiro atoms. The van der Waals surface area contributed by atoms with Crippen molar-refractivity contribution >= 4 is 50.9 Å². The highest BCUT2D eigenvalue weighted by molar-refractivity contribution is 9.10. The molecule has 33 heavy (non-hydrogen) atoms.